The van der Waals surface area contributed by atoms with Crippen molar-refractivity contribution in [2.24, 2.45) is 5.92 Å². The molecule has 3 aliphatic rings. The molecule has 2 aliphatic heterocycles. The van der Waals surface area contributed by atoms with Crippen LogP contribution >= 0.6 is 0 Å². The minimum Gasteiger partial charge on any atom is -0.372 e. The summed E-state index contributed by atoms with van der Waals surface area (Å²) in [5, 5.41) is 0. The standard InChI is InChI=1S/C20H27N3O2/c24-19(17-5-1-2-6-17)23-11-8-20(9-12-23)16-22(13-14-25-20)15-18-7-3-4-10-21-18/h1-4,7,10,17H,5-6,8-9,11-16H2. The Morgan fingerprint density at radius 1 is 1.20 bits per heavy atom. The Bertz CT molecular complexity index is 615. The monoisotopic (exact) mass is 341 g/mol. The predicted octanol–water partition coefficient (Wildman–Crippen LogP) is 2.24. The molecule has 134 valence electrons. The van der Waals surface area contributed by atoms with Gasteiger partial charge in [0.25, 0.3) is 0 Å². The summed E-state index contributed by atoms with van der Waals surface area (Å²) in [5.41, 5.74) is 1.03. The lowest BCUT2D eigenvalue weighted by Crippen LogP contribution is -2.57. The molecule has 4 rings (SSSR count). The number of nitrogens with zero attached hydrogens (tertiary/aromatic N) is 3. The second kappa shape index (κ2) is 7.26. The fourth-order valence-electron chi connectivity index (χ4n) is 4.29. The molecule has 0 radical (unpaired) electrons. The SMILES string of the molecule is O=C(C1CC=CC1)N1CCC2(CC1)CN(Cc1ccccn1)CCO2. The Hall–Kier alpha value is -1.72. The maximum absolute atomic E-state index is 12.6. The first-order valence-corrected chi connectivity index (χ1v) is 9.44. The Kier molecular flexibility index (Phi) is 4.86. The van der Waals surface area contributed by atoms with Crippen molar-refractivity contribution in [3.05, 3.63) is 42.2 Å². The van der Waals surface area contributed by atoms with Crippen molar-refractivity contribution in [1.29, 1.82) is 0 Å². The Morgan fingerprint density at radius 2 is 2.00 bits per heavy atom. The van der Waals surface area contributed by atoms with Crippen LogP contribution in [0.3, 0.4) is 0 Å². The highest BCUT2D eigenvalue weighted by atomic mass is 16.5. The minimum absolute atomic E-state index is 0.0856. The van der Waals surface area contributed by atoms with Crippen LogP contribution in [-0.2, 0) is 16.1 Å². The lowest BCUT2D eigenvalue weighted by Gasteiger charge is -2.47. The van der Waals surface area contributed by atoms with Gasteiger partial charge in [-0.05, 0) is 37.8 Å². The lowest BCUT2D eigenvalue weighted by atomic mass is 9.88. The lowest BCUT2D eigenvalue weighted by molar-refractivity contribution is -0.153. The van der Waals surface area contributed by atoms with Crippen molar-refractivity contribution in [2.75, 3.05) is 32.8 Å². The van der Waals surface area contributed by atoms with E-state index in [0.29, 0.717) is 5.91 Å². The van der Waals surface area contributed by atoms with Gasteiger partial charge in [-0.25, -0.2) is 0 Å². The number of allylic oxidation sites excluding steroid dienone is 2. The van der Waals surface area contributed by atoms with Crippen LogP contribution in [0.2, 0.25) is 0 Å². The number of hydrogen-bond donors (Lipinski definition) is 0. The molecular formula is C20H27N3O2. The van der Waals surface area contributed by atoms with Crippen molar-refractivity contribution in [1.82, 2.24) is 14.8 Å². The van der Waals surface area contributed by atoms with Crippen LogP contribution in [0.25, 0.3) is 0 Å². The number of hydrogen-bond acceptors (Lipinski definition) is 4. The van der Waals surface area contributed by atoms with Gasteiger partial charge in [-0.15, -0.1) is 0 Å². The number of carbonyl (C=O) groups is 1. The number of rotatable bonds is 3. The van der Waals surface area contributed by atoms with Crippen molar-refractivity contribution < 1.29 is 9.53 Å². The third-order valence-corrected chi connectivity index (χ3v) is 5.78. The first-order chi connectivity index (χ1) is 12.2. The van der Waals surface area contributed by atoms with E-state index in [1.165, 1.54) is 0 Å². The molecule has 1 aromatic heterocycles. The summed E-state index contributed by atoms with van der Waals surface area (Å²) >= 11 is 0. The third-order valence-electron chi connectivity index (χ3n) is 5.78. The fraction of sp³-hybridized carbons (Fsp3) is 0.600. The van der Waals surface area contributed by atoms with Gasteiger partial charge >= 0.3 is 0 Å². The van der Waals surface area contributed by atoms with Gasteiger partial charge in [0, 0.05) is 44.8 Å². The van der Waals surface area contributed by atoms with Crippen LogP contribution in [0, 0.1) is 5.92 Å². The first kappa shape index (κ1) is 16.7. The largest absolute Gasteiger partial charge is 0.372 e. The summed E-state index contributed by atoms with van der Waals surface area (Å²) in [6, 6.07) is 6.08. The second-order valence-electron chi connectivity index (χ2n) is 7.53. The number of amides is 1. The van der Waals surface area contributed by atoms with Crippen molar-refractivity contribution in [2.45, 2.75) is 37.8 Å². The van der Waals surface area contributed by atoms with E-state index in [0.717, 1.165) is 70.7 Å². The molecule has 25 heavy (non-hydrogen) atoms. The molecule has 2 saturated heterocycles. The molecule has 1 amide bonds. The van der Waals surface area contributed by atoms with E-state index in [-0.39, 0.29) is 11.5 Å². The number of piperidine rings is 1. The Morgan fingerprint density at radius 3 is 2.72 bits per heavy atom. The van der Waals surface area contributed by atoms with Gasteiger partial charge in [0.15, 0.2) is 0 Å². The number of morpholine rings is 1. The highest BCUT2D eigenvalue weighted by molar-refractivity contribution is 5.79. The molecule has 5 heteroatoms. The number of likely N-dealkylation sites (tertiary alicyclic amines) is 1. The van der Waals surface area contributed by atoms with Crippen LogP contribution < -0.4 is 0 Å². The number of pyridine rings is 1. The molecule has 0 aromatic carbocycles. The van der Waals surface area contributed by atoms with Crippen molar-refractivity contribution in [3.8, 4) is 0 Å². The number of carbonyl (C=O) groups excluding carboxylic acids is 1. The van der Waals surface area contributed by atoms with Crippen molar-refractivity contribution >= 4 is 5.91 Å². The van der Waals surface area contributed by atoms with Gasteiger partial charge in [0.2, 0.25) is 5.91 Å². The average Bonchev–Trinajstić information content (AvgIpc) is 3.18. The van der Waals surface area contributed by atoms with Gasteiger partial charge < -0.3 is 9.64 Å². The quantitative estimate of drug-likeness (QED) is 0.791. The van der Waals surface area contributed by atoms with Crippen molar-refractivity contribution in [3.63, 3.8) is 0 Å². The van der Waals surface area contributed by atoms with Gasteiger partial charge in [-0.3, -0.25) is 14.7 Å². The van der Waals surface area contributed by atoms with E-state index in [1.807, 2.05) is 18.3 Å². The summed E-state index contributed by atoms with van der Waals surface area (Å²) in [4.78, 5) is 21.6. The minimum atomic E-state index is -0.0856. The summed E-state index contributed by atoms with van der Waals surface area (Å²) < 4.78 is 6.22. The molecule has 3 heterocycles. The van der Waals surface area contributed by atoms with E-state index in [9.17, 15) is 4.79 Å². The maximum Gasteiger partial charge on any atom is 0.226 e. The van der Waals surface area contributed by atoms with Gasteiger partial charge in [-0.2, -0.15) is 0 Å². The maximum atomic E-state index is 12.6. The van der Waals surface area contributed by atoms with Crippen LogP contribution in [0.4, 0.5) is 0 Å². The zero-order valence-corrected chi connectivity index (χ0v) is 14.8. The topological polar surface area (TPSA) is 45.7 Å². The molecule has 0 unspecified atom stereocenters. The zero-order chi connectivity index (χ0) is 17.1. The molecule has 0 bridgehead atoms. The molecule has 1 aromatic rings. The first-order valence-electron chi connectivity index (χ1n) is 9.44. The molecule has 0 saturated carbocycles. The third kappa shape index (κ3) is 3.77. The molecule has 1 spiro atoms. The average molecular weight is 341 g/mol. The number of aromatic nitrogens is 1. The summed E-state index contributed by atoms with van der Waals surface area (Å²) in [5.74, 6) is 0.517. The van der Waals surface area contributed by atoms with E-state index in [2.05, 4.69) is 33.0 Å². The van der Waals surface area contributed by atoms with E-state index in [1.54, 1.807) is 0 Å². The molecule has 1 aliphatic carbocycles. The molecule has 0 atom stereocenters. The van der Waals surface area contributed by atoms with Crippen LogP contribution in [0.15, 0.2) is 36.5 Å². The van der Waals surface area contributed by atoms with E-state index >= 15 is 0 Å². The van der Waals surface area contributed by atoms with Gasteiger partial charge in [0.05, 0.1) is 17.9 Å². The predicted molar refractivity (Wildman–Crippen MR) is 95.9 cm³/mol. The van der Waals surface area contributed by atoms with Crippen LogP contribution in [0.5, 0.6) is 0 Å². The smallest absolute Gasteiger partial charge is 0.226 e. The highest BCUT2D eigenvalue weighted by Crippen LogP contribution is 2.32. The van der Waals surface area contributed by atoms with E-state index < -0.39 is 0 Å². The molecule has 0 N–H and O–H groups in total. The normalized spacial score (nSPS) is 24.1. The summed E-state index contributed by atoms with van der Waals surface area (Å²) in [6.07, 6.45) is 9.83. The molecule has 5 nitrogen and oxygen atoms in total. The van der Waals surface area contributed by atoms with E-state index in [4.69, 9.17) is 4.74 Å². The fourth-order valence-corrected chi connectivity index (χ4v) is 4.29. The van der Waals surface area contributed by atoms with Crippen LogP contribution in [-0.4, -0.2) is 59.1 Å². The number of ether oxygens (including phenoxy) is 1. The molecule has 2 fully saturated rings. The summed E-state index contributed by atoms with van der Waals surface area (Å²) in [7, 11) is 0. The zero-order valence-electron chi connectivity index (χ0n) is 14.8. The highest BCUT2D eigenvalue weighted by Gasteiger charge is 2.41. The summed E-state index contributed by atoms with van der Waals surface area (Å²) in [6.45, 7) is 5.19. The second-order valence-corrected chi connectivity index (χ2v) is 7.53. The molecular weight excluding hydrogens is 314 g/mol. The Labute approximate surface area is 149 Å². The van der Waals surface area contributed by atoms with Gasteiger partial charge in [-0.1, -0.05) is 18.2 Å². The van der Waals surface area contributed by atoms with Gasteiger partial charge in [0.1, 0.15) is 0 Å². The van der Waals surface area contributed by atoms with Crippen LogP contribution in [0.1, 0.15) is 31.4 Å². The Balaban J connectivity index is 1.33.